The molecule has 36 heavy (non-hydrogen) atoms. The molecular formula is C27H18ClN3O5. The van der Waals surface area contributed by atoms with Crippen molar-refractivity contribution in [3.8, 4) is 6.07 Å². The fourth-order valence-electron chi connectivity index (χ4n) is 5.14. The zero-order valence-electron chi connectivity index (χ0n) is 19.2. The number of ketones is 1. The van der Waals surface area contributed by atoms with Crippen LogP contribution in [-0.4, -0.2) is 31.9 Å². The Morgan fingerprint density at radius 2 is 1.64 bits per heavy atom. The van der Waals surface area contributed by atoms with Gasteiger partial charge in [-0.15, -0.1) is 0 Å². The first-order chi connectivity index (χ1) is 17.3. The number of anilines is 1. The highest BCUT2D eigenvalue weighted by Gasteiger charge is 2.61. The number of rotatable bonds is 3. The van der Waals surface area contributed by atoms with Gasteiger partial charge >= 0.3 is 11.9 Å². The second kappa shape index (κ2) is 8.26. The van der Waals surface area contributed by atoms with Crippen molar-refractivity contribution in [2.24, 2.45) is 5.73 Å². The number of fused-ring (bicyclic) bond motifs is 1. The summed E-state index contributed by atoms with van der Waals surface area (Å²) in [5.74, 6) is -2.69. The number of benzene rings is 3. The van der Waals surface area contributed by atoms with Crippen LogP contribution >= 0.6 is 11.6 Å². The van der Waals surface area contributed by atoms with E-state index in [-0.39, 0.29) is 22.7 Å². The van der Waals surface area contributed by atoms with Crippen LogP contribution in [0.3, 0.4) is 0 Å². The zero-order chi connectivity index (χ0) is 25.8. The van der Waals surface area contributed by atoms with E-state index in [1.54, 1.807) is 48.5 Å². The summed E-state index contributed by atoms with van der Waals surface area (Å²) in [5.41, 5.74) is 4.65. The minimum atomic E-state index is -2.01. The average Bonchev–Trinajstić information content (AvgIpc) is 3.14. The normalized spacial score (nSPS) is 18.6. The van der Waals surface area contributed by atoms with Gasteiger partial charge in [-0.05, 0) is 40.6 Å². The van der Waals surface area contributed by atoms with E-state index in [9.17, 15) is 19.6 Å². The highest BCUT2D eigenvalue weighted by atomic mass is 35.5. The maximum Gasteiger partial charge on any atom is 0.355 e. The molecule has 0 aromatic heterocycles. The fraction of sp³-hybridized carbons (Fsp3) is 0.111. The number of ether oxygens (including phenoxy) is 2. The molecule has 2 aliphatic rings. The molecule has 0 unspecified atom stereocenters. The molecule has 0 saturated carbocycles. The maximum absolute atomic E-state index is 14.3. The maximum atomic E-state index is 14.3. The number of hydrogen-bond acceptors (Lipinski definition) is 8. The first kappa shape index (κ1) is 23.1. The first-order valence-electron chi connectivity index (χ1n) is 10.8. The van der Waals surface area contributed by atoms with Crippen LogP contribution in [0.15, 0.2) is 83.3 Å². The summed E-state index contributed by atoms with van der Waals surface area (Å²) in [5, 5.41) is 12.1. The summed E-state index contributed by atoms with van der Waals surface area (Å²) in [6.45, 7) is 0. The molecule has 0 radical (unpaired) electrons. The molecule has 0 bridgehead atoms. The van der Waals surface area contributed by atoms with Gasteiger partial charge in [0.1, 0.15) is 23.0 Å². The fourth-order valence-corrected chi connectivity index (χ4v) is 5.27. The third-order valence-electron chi connectivity index (χ3n) is 6.57. The summed E-state index contributed by atoms with van der Waals surface area (Å²) in [4.78, 5) is 42.3. The minimum Gasteiger partial charge on any atom is -0.466 e. The van der Waals surface area contributed by atoms with Crippen molar-refractivity contribution < 1.29 is 23.9 Å². The van der Waals surface area contributed by atoms with Crippen LogP contribution in [0, 0.1) is 11.3 Å². The minimum absolute atomic E-state index is 0.203. The molecule has 3 aromatic rings. The van der Waals surface area contributed by atoms with E-state index in [1.807, 2.05) is 12.1 Å². The predicted molar refractivity (Wildman–Crippen MR) is 132 cm³/mol. The van der Waals surface area contributed by atoms with Crippen molar-refractivity contribution in [1.29, 1.82) is 5.26 Å². The number of nitrogens with two attached hydrogens (primary N) is 1. The van der Waals surface area contributed by atoms with E-state index in [4.69, 9.17) is 26.8 Å². The van der Waals surface area contributed by atoms with Gasteiger partial charge in [0.25, 0.3) is 0 Å². The zero-order valence-corrected chi connectivity index (χ0v) is 19.9. The van der Waals surface area contributed by atoms with E-state index < -0.39 is 23.1 Å². The number of methoxy groups -OCH3 is 2. The van der Waals surface area contributed by atoms with E-state index in [0.717, 1.165) is 19.6 Å². The number of allylic oxidation sites excluding steroid dienone is 1. The van der Waals surface area contributed by atoms with Gasteiger partial charge in [-0.2, -0.15) is 5.26 Å². The lowest BCUT2D eigenvalue weighted by Gasteiger charge is -2.40. The molecule has 1 atom stereocenters. The molecule has 8 nitrogen and oxygen atoms in total. The van der Waals surface area contributed by atoms with Crippen LogP contribution in [0.2, 0.25) is 5.02 Å². The average molecular weight is 500 g/mol. The summed E-state index contributed by atoms with van der Waals surface area (Å²) >= 11 is 6.05. The first-order valence-corrected chi connectivity index (χ1v) is 11.1. The van der Waals surface area contributed by atoms with E-state index in [0.29, 0.717) is 27.2 Å². The molecular weight excluding hydrogens is 482 g/mol. The summed E-state index contributed by atoms with van der Waals surface area (Å²) in [6.07, 6.45) is 0. The Kier molecular flexibility index (Phi) is 5.31. The molecule has 1 heterocycles. The smallest absolute Gasteiger partial charge is 0.355 e. The van der Waals surface area contributed by atoms with Crippen LogP contribution in [-0.2, 0) is 24.5 Å². The van der Waals surface area contributed by atoms with Crippen molar-refractivity contribution in [2.45, 2.75) is 5.41 Å². The Morgan fingerprint density at radius 3 is 2.25 bits per heavy atom. The number of halogens is 1. The largest absolute Gasteiger partial charge is 0.466 e. The molecule has 3 aromatic carbocycles. The summed E-state index contributed by atoms with van der Waals surface area (Å²) < 4.78 is 10.1. The Morgan fingerprint density at radius 1 is 1.00 bits per heavy atom. The molecule has 1 spiro atoms. The second-order valence-electron chi connectivity index (χ2n) is 8.18. The molecule has 1 aliphatic heterocycles. The molecule has 1 aliphatic carbocycles. The van der Waals surface area contributed by atoms with Gasteiger partial charge in [0.05, 0.1) is 25.4 Å². The van der Waals surface area contributed by atoms with Gasteiger partial charge in [0.2, 0.25) is 0 Å². The van der Waals surface area contributed by atoms with Gasteiger partial charge in [-0.1, -0.05) is 48.0 Å². The predicted octanol–water partition coefficient (Wildman–Crippen LogP) is 3.74. The second-order valence-corrected chi connectivity index (χ2v) is 8.62. The van der Waals surface area contributed by atoms with E-state index in [1.165, 1.54) is 4.90 Å². The number of Topliss-reactive ketones (excluding diaryl/α,β-unsaturated/α-hetero) is 1. The number of nitrogens with zero attached hydrogens (tertiary/aromatic N) is 2. The van der Waals surface area contributed by atoms with Crippen LogP contribution in [0.1, 0.15) is 15.9 Å². The third kappa shape index (κ3) is 2.84. The van der Waals surface area contributed by atoms with Crippen molar-refractivity contribution in [1.82, 2.24) is 0 Å². The number of hydrogen-bond donors (Lipinski definition) is 1. The van der Waals surface area contributed by atoms with E-state index >= 15 is 0 Å². The van der Waals surface area contributed by atoms with Gasteiger partial charge < -0.3 is 15.2 Å². The van der Waals surface area contributed by atoms with Gasteiger partial charge in [0, 0.05) is 16.3 Å². The molecule has 0 fully saturated rings. The highest BCUT2D eigenvalue weighted by molar-refractivity contribution is 6.31. The van der Waals surface area contributed by atoms with Crippen LogP contribution in [0.4, 0.5) is 5.69 Å². The number of nitriles is 1. The molecule has 0 amide bonds. The summed E-state index contributed by atoms with van der Waals surface area (Å²) in [6, 6.07) is 18.6. The monoisotopic (exact) mass is 499 g/mol. The standard InChI is InChI=1S/C27H18ClN3O5/c1-35-25(33)21-22(26(34)36-2)31(16-11-9-15(28)10-12-16)24(30)19(13-29)27(21)18-8-4-6-14-5-3-7-17(20(14)18)23(27)32/h3-12H,30H2,1-2H3/t27-/m0/s1. The Bertz CT molecular complexity index is 1590. The molecule has 2 N–H and O–H groups in total. The van der Waals surface area contributed by atoms with Crippen LogP contribution in [0.5, 0.6) is 0 Å². The topological polar surface area (TPSA) is 123 Å². The Balaban J connectivity index is 1.99. The lowest BCUT2D eigenvalue weighted by Crippen LogP contribution is -2.50. The van der Waals surface area contributed by atoms with Gasteiger partial charge in [-0.25, -0.2) is 9.59 Å². The third-order valence-corrected chi connectivity index (χ3v) is 6.82. The van der Waals surface area contributed by atoms with Crippen molar-refractivity contribution >= 4 is 45.8 Å². The lowest BCUT2D eigenvalue weighted by molar-refractivity contribution is -0.139. The van der Waals surface area contributed by atoms with Crippen LogP contribution < -0.4 is 10.6 Å². The lowest BCUT2D eigenvalue weighted by atomic mass is 9.65. The van der Waals surface area contributed by atoms with Crippen molar-refractivity contribution in [3.63, 3.8) is 0 Å². The van der Waals surface area contributed by atoms with Crippen molar-refractivity contribution in [3.05, 3.63) is 99.5 Å². The highest BCUT2D eigenvalue weighted by Crippen LogP contribution is 2.55. The molecule has 9 heteroatoms. The van der Waals surface area contributed by atoms with Crippen LogP contribution in [0.25, 0.3) is 10.8 Å². The van der Waals surface area contributed by atoms with Gasteiger partial charge in [0.15, 0.2) is 5.78 Å². The quantitative estimate of drug-likeness (QED) is 0.541. The Labute approximate surface area is 210 Å². The van der Waals surface area contributed by atoms with Gasteiger partial charge in [-0.3, -0.25) is 9.69 Å². The number of esters is 2. The SMILES string of the molecule is COC(=O)C1=C(C(=O)OC)[C@@]2(C(=O)c3cccc4cccc2c34)C(C#N)=C(N)N1c1ccc(Cl)cc1. The van der Waals surface area contributed by atoms with E-state index in [2.05, 4.69) is 6.07 Å². The molecule has 5 rings (SSSR count). The molecule has 178 valence electrons. The summed E-state index contributed by atoms with van der Waals surface area (Å²) in [7, 11) is 2.27. The molecule has 0 saturated heterocycles. The van der Waals surface area contributed by atoms with Crippen molar-refractivity contribution in [2.75, 3.05) is 19.1 Å². The number of carbonyl (C=O) groups is 3. The Hall–Kier alpha value is -4.61. The number of carbonyl (C=O) groups excluding carboxylic acids is 3.